The molecule has 1 saturated heterocycles. The number of imidazole rings is 1. The molecular formula is C25H28FN4OS+. The number of likely N-dealkylation sites (tertiary alicyclic amines) is 1. The number of piperidine rings is 1. The third kappa shape index (κ3) is 4.27. The van der Waals surface area contributed by atoms with Crippen molar-refractivity contribution >= 4 is 32.4 Å². The number of amides is 1. The van der Waals surface area contributed by atoms with E-state index < -0.39 is 0 Å². The molecule has 2 unspecified atom stereocenters. The molecule has 1 aliphatic rings. The van der Waals surface area contributed by atoms with E-state index in [1.165, 1.54) is 37.9 Å². The Kier molecular flexibility index (Phi) is 5.93. The Hall–Kier alpha value is -2.77. The lowest BCUT2D eigenvalue weighted by molar-refractivity contribution is -0.928. The van der Waals surface area contributed by atoms with Crippen molar-refractivity contribution in [1.82, 2.24) is 14.7 Å². The highest BCUT2D eigenvalue weighted by Gasteiger charge is 2.21. The maximum atomic E-state index is 13.2. The fourth-order valence-corrected chi connectivity index (χ4v) is 5.69. The summed E-state index contributed by atoms with van der Waals surface area (Å²) in [5.74, 6) is -0.278. The summed E-state index contributed by atoms with van der Waals surface area (Å²) in [7, 11) is 0. The van der Waals surface area contributed by atoms with Crippen LogP contribution in [-0.4, -0.2) is 41.0 Å². The zero-order valence-electron chi connectivity index (χ0n) is 18.2. The van der Waals surface area contributed by atoms with E-state index in [0.29, 0.717) is 12.1 Å². The molecule has 0 spiro atoms. The Labute approximate surface area is 190 Å². The molecule has 0 radical (unpaired) electrons. The largest absolute Gasteiger partial charge is 0.352 e. The summed E-state index contributed by atoms with van der Waals surface area (Å²) in [6.07, 6.45) is 6.96. The van der Waals surface area contributed by atoms with Gasteiger partial charge in [0.15, 0.2) is 4.96 Å². The monoisotopic (exact) mass is 451 g/mol. The summed E-state index contributed by atoms with van der Waals surface area (Å²) in [5, 5.41) is 3.08. The lowest BCUT2D eigenvalue weighted by Gasteiger charge is -2.30. The van der Waals surface area contributed by atoms with Crippen molar-refractivity contribution < 1.29 is 14.1 Å². The highest BCUT2D eigenvalue weighted by atomic mass is 32.1. The van der Waals surface area contributed by atoms with Gasteiger partial charge in [-0.2, -0.15) is 0 Å². The minimum absolute atomic E-state index is 0.0216. The number of aromatic nitrogens is 2. The van der Waals surface area contributed by atoms with Crippen LogP contribution in [0.25, 0.3) is 26.4 Å². The van der Waals surface area contributed by atoms with E-state index in [-0.39, 0.29) is 11.7 Å². The normalized spacial score (nSPS) is 18.9. The van der Waals surface area contributed by atoms with E-state index >= 15 is 0 Å². The van der Waals surface area contributed by atoms with E-state index in [9.17, 15) is 9.18 Å². The Morgan fingerprint density at radius 3 is 2.91 bits per heavy atom. The number of fused-ring (bicyclic) bond motifs is 3. The van der Waals surface area contributed by atoms with Gasteiger partial charge >= 0.3 is 0 Å². The average Bonchev–Trinajstić information content (AvgIpc) is 3.36. The maximum absolute atomic E-state index is 13.2. The number of rotatable bonds is 6. The number of carbonyl (C=O) groups is 1. The number of nitrogens with zero attached hydrogens (tertiary/aromatic N) is 2. The van der Waals surface area contributed by atoms with Crippen LogP contribution in [0.15, 0.2) is 48.7 Å². The zero-order chi connectivity index (χ0) is 22.1. The number of carbonyl (C=O) groups excluding carboxylic acids is 1. The maximum Gasteiger partial charge on any atom is 0.251 e. The van der Waals surface area contributed by atoms with Crippen molar-refractivity contribution in [2.24, 2.45) is 0 Å². The summed E-state index contributed by atoms with van der Waals surface area (Å²) in [6.45, 7) is 5.43. The van der Waals surface area contributed by atoms with Gasteiger partial charge in [-0.3, -0.25) is 9.20 Å². The first-order chi connectivity index (χ1) is 15.6. The van der Waals surface area contributed by atoms with Gasteiger partial charge in [-0.25, -0.2) is 9.37 Å². The molecule has 0 bridgehead atoms. The second kappa shape index (κ2) is 9.00. The van der Waals surface area contributed by atoms with Gasteiger partial charge < -0.3 is 10.2 Å². The lowest BCUT2D eigenvalue weighted by atomic mass is 10.0. The first-order valence-corrected chi connectivity index (χ1v) is 12.2. The van der Waals surface area contributed by atoms with Crippen LogP contribution in [0.5, 0.6) is 0 Å². The molecule has 3 heterocycles. The van der Waals surface area contributed by atoms with Crippen LogP contribution in [0.4, 0.5) is 4.39 Å². The van der Waals surface area contributed by atoms with Crippen molar-refractivity contribution in [3.8, 4) is 11.3 Å². The van der Waals surface area contributed by atoms with Gasteiger partial charge in [0.25, 0.3) is 5.91 Å². The number of halogens is 1. The van der Waals surface area contributed by atoms with E-state index in [4.69, 9.17) is 4.98 Å². The summed E-state index contributed by atoms with van der Waals surface area (Å²) in [6, 6.07) is 12.9. The molecule has 32 heavy (non-hydrogen) atoms. The van der Waals surface area contributed by atoms with E-state index in [1.54, 1.807) is 28.4 Å². The smallest absolute Gasteiger partial charge is 0.251 e. The SMILES string of the molecule is CC1CCCC[NH+]1CCCNC(=O)c1ccc2c(c1)sc1nc(-c3ccc(F)cc3)cn12. The topological polar surface area (TPSA) is 50.8 Å². The van der Waals surface area contributed by atoms with Crippen LogP contribution in [0.3, 0.4) is 0 Å². The number of thiazole rings is 1. The lowest BCUT2D eigenvalue weighted by Crippen LogP contribution is -3.16. The minimum Gasteiger partial charge on any atom is -0.352 e. The standard InChI is InChI=1S/C25H27FN4OS/c1-17-5-2-3-13-29(17)14-4-12-27-24(31)19-8-11-22-23(15-19)32-25-28-21(16-30(22)25)18-6-9-20(26)10-7-18/h6-11,15-17H,2-5,12-14H2,1H3,(H,27,31)/p+1. The minimum atomic E-state index is -0.256. The van der Waals surface area contributed by atoms with Gasteiger partial charge in [-0.15, -0.1) is 0 Å². The molecule has 1 aliphatic heterocycles. The van der Waals surface area contributed by atoms with Gasteiger partial charge in [0.2, 0.25) is 0 Å². The highest BCUT2D eigenvalue weighted by molar-refractivity contribution is 7.23. The average molecular weight is 452 g/mol. The van der Waals surface area contributed by atoms with E-state index in [0.717, 1.165) is 45.4 Å². The number of quaternary nitrogens is 1. The van der Waals surface area contributed by atoms with Gasteiger partial charge in [0.1, 0.15) is 5.82 Å². The molecule has 1 amide bonds. The second-order valence-corrected chi connectivity index (χ2v) is 9.74. The molecule has 2 N–H and O–H groups in total. The Balaban J connectivity index is 1.25. The molecule has 4 aromatic rings. The van der Waals surface area contributed by atoms with Crippen molar-refractivity contribution in [3.05, 3.63) is 60.0 Å². The van der Waals surface area contributed by atoms with Crippen molar-refractivity contribution in [1.29, 1.82) is 0 Å². The molecule has 2 aromatic carbocycles. The molecule has 5 rings (SSSR count). The fourth-order valence-electron chi connectivity index (χ4n) is 4.65. The number of nitrogens with one attached hydrogen (secondary N) is 2. The summed E-state index contributed by atoms with van der Waals surface area (Å²) in [5.41, 5.74) is 3.39. The summed E-state index contributed by atoms with van der Waals surface area (Å²) >= 11 is 1.55. The van der Waals surface area contributed by atoms with Crippen molar-refractivity contribution in [2.45, 2.75) is 38.6 Å². The van der Waals surface area contributed by atoms with Gasteiger partial charge in [-0.1, -0.05) is 11.3 Å². The molecule has 2 atom stereocenters. The third-order valence-corrected chi connectivity index (χ3v) is 7.56. The molecule has 7 heteroatoms. The Morgan fingerprint density at radius 2 is 2.09 bits per heavy atom. The van der Waals surface area contributed by atoms with Gasteiger partial charge in [0, 0.05) is 30.3 Å². The first-order valence-electron chi connectivity index (χ1n) is 11.4. The van der Waals surface area contributed by atoms with E-state index in [2.05, 4.69) is 12.2 Å². The molecule has 166 valence electrons. The van der Waals surface area contributed by atoms with Gasteiger partial charge in [-0.05, 0) is 68.7 Å². The van der Waals surface area contributed by atoms with Crippen molar-refractivity contribution in [3.63, 3.8) is 0 Å². The fraction of sp³-hybridized carbons (Fsp3) is 0.360. The number of benzene rings is 2. The summed E-state index contributed by atoms with van der Waals surface area (Å²) < 4.78 is 16.3. The quantitative estimate of drug-likeness (QED) is 0.437. The molecule has 2 aromatic heterocycles. The number of hydrogen-bond donors (Lipinski definition) is 2. The molecular weight excluding hydrogens is 423 g/mol. The van der Waals surface area contributed by atoms with Gasteiger partial charge in [0.05, 0.1) is 35.0 Å². The Bertz CT molecular complexity index is 1250. The Morgan fingerprint density at radius 1 is 1.25 bits per heavy atom. The van der Waals surface area contributed by atoms with Crippen LogP contribution in [0, 0.1) is 5.82 Å². The number of hydrogen-bond acceptors (Lipinski definition) is 3. The third-order valence-electron chi connectivity index (χ3n) is 6.54. The predicted molar refractivity (Wildman–Crippen MR) is 127 cm³/mol. The van der Waals surface area contributed by atoms with Crippen LogP contribution in [-0.2, 0) is 0 Å². The highest BCUT2D eigenvalue weighted by Crippen LogP contribution is 2.30. The van der Waals surface area contributed by atoms with Crippen LogP contribution >= 0.6 is 11.3 Å². The zero-order valence-corrected chi connectivity index (χ0v) is 19.1. The van der Waals surface area contributed by atoms with Crippen molar-refractivity contribution in [2.75, 3.05) is 19.6 Å². The van der Waals surface area contributed by atoms with Crippen LogP contribution in [0.1, 0.15) is 43.0 Å². The second-order valence-electron chi connectivity index (χ2n) is 8.73. The van der Waals surface area contributed by atoms with Crippen LogP contribution in [0.2, 0.25) is 0 Å². The molecule has 1 fully saturated rings. The molecule has 0 aliphatic carbocycles. The van der Waals surface area contributed by atoms with Crippen LogP contribution < -0.4 is 10.2 Å². The predicted octanol–water partition coefficient (Wildman–Crippen LogP) is 3.93. The first kappa shape index (κ1) is 21.1. The summed E-state index contributed by atoms with van der Waals surface area (Å²) in [4.78, 5) is 19.9. The molecule has 0 saturated carbocycles. The van der Waals surface area contributed by atoms with E-state index in [1.807, 2.05) is 28.8 Å². The molecule has 5 nitrogen and oxygen atoms in total.